The fourth-order valence-electron chi connectivity index (χ4n) is 3.10. The quantitative estimate of drug-likeness (QED) is 0.582. The number of aromatic nitrogens is 4. The van der Waals surface area contributed by atoms with Crippen molar-refractivity contribution in [1.29, 1.82) is 0 Å². The molecule has 7 heteroatoms. The van der Waals surface area contributed by atoms with Crippen molar-refractivity contribution in [3.63, 3.8) is 0 Å². The maximum atomic E-state index is 12.5. The van der Waals surface area contributed by atoms with Crippen LogP contribution in [0.4, 0.5) is 0 Å². The fraction of sp³-hybridized carbons (Fsp3) is 0.143. The summed E-state index contributed by atoms with van der Waals surface area (Å²) < 4.78 is 3.56. The standard InChI is InChI=1S/C21H19N5O2/c1-15-13-19(27)20(24-26(15)16-7-3-2-4-8-16)21(28)22-11-12-25-14-23-17-9-5-6-10-18(17)25/h2-10,13-14H,11-12H2,1H3,(H,22,28). The van der Waals surface area contributed by atoms with Crippen LogP contribution in [0, 0.1) is 6.92 Å². The number of rotatable bonds is 5. The summed E-state index contributed by atoms with van der Waals surface area (Å²) in [5.41, 5.74) is 2.84. The molecular weight excluding hydrogens is 354 g/mol. The molecule has 0 atom stereocenters. The van der Waals surface area contributed by atoms with Gasteiger partial charge in [0.1, 0.15) is 0 Å². The summed E-state index contributed by atoms with van der Waals surface area (Å²) in [5.74, 6) is -0.487. The third kappa shape index (κ3) is 3.42. The maximum absolute atomic E-state index is 12.5. The van der Waals surface area contributed by atoms with E-state index >= 15 is 0 Å². The molecule has 140 valence electrons. The van der Waals surface area contributed by atoms with Gasteiger partial charge in [0, 0.05) is 24.8 Å². The second-order valence-electron chi connectivity index (χ2n) is 6.43. The zero-order chi connectivity index (χ0) is 19.5. The highest BCUT2D eigenvalue weighted by Gasteiger charge is 2.15. The Bertz CT molecular complexity index is 1190. The summed E-state index contributed by atoms with van der Waals surface area (Å²) >= 11 is 0. The van der Waals surface area contributed by atoms with Crippen LogP contribution in [0.25, 0.3) is 16.7 Å². The largest absolute Gasteiger partial charge is 0.349 e. The zero-order valence-corrected chi connectivity index (χ0v) is 15.4. The molecule has 4 rings (SSSR count). The molecule has 0 radical (unpaired) electrons. The van der Waals surface area contributed by atoms with Crippen molar-refractivity contribution >= 4 is 16.9 Å². The molecule has 0 saturated carbocycles. The summed E-state index contributed by atoms with van der Waals surface area (Å²) in [6.45, 7) is 2.69. The number of aryl methyl sites for hydroxylation is 1. The van der Waals surface area contributed by atoms with E-state index in [1.165, 1.54) is 6.07 Å². The van der Waals surface area contributed by atoms with Gasteiger partial charge in [-0.25, -0.2) is 9.67 Å². The van der Waals surface area contributed by atoms with Crippen LogP contribution in [-0.2, 0) is 6.54 Å². The van der Waals surface area contributed by atoms with Gasteiger partial charge in [0.2, 0.25) is 5.43 Å². The first-order valence-corrected chi connectivity index (χ1v) is 8.98. The number of nitrogens with one attached hydrogen (secondary N) is 1. The average molecular weight is 373 g/mol. The van der Waals surface area contributed by atoms with E-state index in [2.05, 4.69) is 15.4 Å². The van der Waals surface area contributed by atoms with Gasteiger partial charge in [0.25, 0.3) is 5.91 Å². The summed E-state index contributed by atoms with van der Waals surface area (Å²) in [7, 11) is 0. The van der Waals surface area contributed by atoms with Gasteiger partial charge in [-0.1, -0.05) is 30.3 Å². The number of nitrogens with zero attached hydrogens (tertiary/aromatic N) is 4. The molecule has 0 bridgehead atoms. The average Bonchev–Trinajstić information content (AvgIpc) is 3.12. The minimum absolute atomic E-state index is 0.120. The van der Waals surface area contributed by atoms with E-state index in [-0.39, 0.29) is 5.69 Å². The minimum Gasteiger partial charge on any atom is -0.349 e. The smallest absolute Gasteiger partial charge is 0.275 e. The Morgan fingerprint density at radius 2 is 1.82 bits per heavy atom. The van der Waals surface area contributed by atoms with Crippen LogP contribution in [0.5, 0.6) is 0 Å². The number of imidazole rings is 1. The van der Waals surface area contributed by atoms with Gasteiger partial charge in [0.15, 0.2) is 5.69 Å². The van der Waals surface area contributed by atoms with E-state index in [1.54, 1.807) is 17.9 Å². The van der Waals surface area contributed by atoms with E-state index < -0.39 is 11.3 Å². The number of hydrogen-bond donors (Lipinski definition) is 1. The van der Waals surface area contributed by atoms with E-state index in [0.29, 0.717) is 18.8 Å². The second-order valence-corrected chi connectivity index (χ2v) is 6.43. The molecule has 2 aromatic carbocycles. The first-order valence-electron chi connectivity index (χ1n) is 8.98. The predicted octanol–water partition coefficient (Wildman–Crippen LogP) is 2.32. The van der Waals surface area contributed by atoms with Gasteiger partial charge >= 0.3 is 0 Å². The molecule has 4 aromatic rings. The second kappa shape index (κ2) is 7.48. The van der Waals surface area contributed by atoms with Gasteiger partial charge < -0.3 is 9.88 Å². The summed E-state index contributed by atoms with van der Waals surface area (Å²) in [4.78, 5) is 29.1. The zero-order valence-electron chi connectivity index (χ0n) is 15.4. The summed E-state index contributed by atoms with van der Waals surface area (Å²) in [5, 5.41) is 7.06. The van der Waals surface area contributed by atoms with Gasteiger partial charge in [-0.2, -0.15) is 5.10 Å². The Balaban J connectivity index is 1.51. The number of fused-ring (bicyclic) bond motifs is 1. The number of para-hydroxylation sites is 3. The van der Waals surface area contributed by atoms with Gasteiger partial charge in [-0.05, 0) is 31.2 Å². The molecule has 0 fully saturated rings. The Hall–Kier alpha value is -3.74. The molecule has 1 amide bonds. The third-order valence-electron chi connectivity index (χ3n) is 4.49. The maximum Gasteiger partial charge on any atom is 0.275 e. The van der Waals surface area contributed by atoms with E-state index in [4.69, 9.17) is 0 Å². The fourth-order valence-corrected chi connectivity index (χ4v) is 3.10. The molecule has 0 aliphatic rings. The highest BCUT2D eigenvalue weighted by Crippen LogP contribution is 2.11. The normalized spacial score (nSPS) is 10.9. The molecule has 2 aromatic heterocycles. The molecule has 0 aliphatic carbocycles. The van der Waals surface area contributed by atoms with Gasteiger partial charge in [-0.15, -0.1) is 0 Å². The van der Waals surface area contributed by atoms with Crippen molar-refractivity contribution in [2.24, 2.45) is 0 Å². The first-order chi connectivity index (χ1) is 13.6. The van der Waals surface area contributed by atoms with E-state index in [1.807, 2.05) is 59.2 Å². The van der Waals surface area contributed by atoms with Crippen LogP contribution in [0.3, 0.4) is 0 Å². The van der Waals surface area contributed by atoms with Crippen LogP contribution in [-0.4, -0.2) is 31.8 Å². The number of hydrogen-bond acceptors (Lipinski definition) is 4. The topological polar surface area (TPSA) is 81.8 Å². The van der Waals surface area contributed by atoms with E-state index in [0.717, 1.165) is 16.7 Å². The minimum atomic E-state index is -0.487. The lowest BCUT2D eigenvalue weighted by Gasteiger charge is -2.11. The SMILES string of the molecule is Cc1cc(=O)c(C(=O)NCCn2cnc3ccccc32)nn1-c1ccccc1. The van der Waals surface area contributed by atoms with Crippen LogP contribution >= 0.6 is 0 Å². The van der Waals surface area contributed by atoms with E-state index in [9.17, 15) is 9.59 Å². The van der Waals surface area contributed by atoms with Crippen molar-refractivity contribution in [3.05, 3.63) is 88.6 Å². The highest BCUT2D eigenvalue weighted by atomic mass is 16.2. The van der Waals surface area contributed by atoms with Crippen LogP contribution < -0.4 is 10.7 Å². The molecule has 0 aliphatic heterocycles. The van der Waals surface area contributed by atoms with Crippen LogP contribution in [0.2, 0.25) is 0 Å². The van der Waals surface area contributed by atoms with Gasteiger partial charge in [0.05, 0.1) is 23.0 Å². The summed E-state index contributed by atoms with van der Waals surface area (Å²) in [6, 6.07) is 18.6. The van der Waals surface area contributed by atoms with Crippen LogP contribution in [0.1, 0.15) is 16.2 Å². The van der Waals surface area contributed by atoms with Crippen molar-refractivity contribution in [2.75, 3.05) is 6.54 Å². The molecule has 28 heavy (non-hydrogen) atoms. The third-order valence-corrected chi connectivity index (χ3v) is 4.49. The lowest BCUT2D eigenvalue weighted by Crippen LogP contribution is -2.33. The Kier molecular flexibility index (Phi) is 4.72. The monoisotopic (exact) mass is 373 g/mol. The Morgan fingerprint density at radius 3 is 2.64 bits per heavy atom. The van der Waals surface area contributed by atoms with Crippen molar-refractivity contribution < 1.29 is 4.79 Å². The molecular formula is C21H19N5O2. The number of carbonyl (C=O) groups excluding carboxylic acids is 1. The van der Waals surface area contributed by atoms with Crippen molar-refractivity contribution in [2.45, 2.75) is 13.5 Å². The van der Waals surface area contributed by atoms with Gasteiger partial charge in [-0.3, -0.25) is 9.59 Å². The van der Waals surface area contributed by atoms with Crippen molar-refractivity contribution in [3.8, 4) is 5.69 Å². The number of carbonyl (C=O) groups is 1. The Labute approximate surface area is 161 Å². The lowest BCUT2D eigenvalue weighted by molar-refractivity contribution is 0.0944. The first kappa shape index (κ1) is 17.7. The molecule has 1 N–H and O–H groups in total. The number of benzene rings is 2. The molecule has 0 spiro atoms. The molecule has 0 saturated heterocycles. The molecule has 2 heterocycles. The predicted molar refractivity (Wildman–Crippen MR) is 107 cm³/mol. The Morgan fingerprint density at radius 1 is 1.07 bits per heavy atom. The highest BCUT2D eigenvalue weighted by molar-refractivity contribution is 5.92. The number of amides is 1. The molecule has 0 unspecified atom stereocenters. The lowest BCUT2D eigenvalue weighted by atomic mass is 10.2. The van der Waals surface area contributed by atoms with Crippen molar-refractivity contribution in [1.82, 2.24) is 24.6 Å². The molecule has 7 nitrogen and oxygen atoms in total. The van der Waals surface area contributed by atoms with Crippen LogP contribution in [0.15, 0.2) is 71.8 Å². The summed E-state index contributed by atoms with van der Waals surface area (Å²) in [6.07, 6.45) is 1.74.